The van der Waals surface area contributed by atoms with Crippen LogP contribution in [0.1, 0.15) is 42.5 Å². The number of rotatable bonds is 6. The van der Waals surface area contributed by atoms with Gasteiger partial charge >= 0.3 is 0 Å². The van der Waals surface area contributed by atoms with Crippen molar-refractivity contribution in [2.75, 3.05) is 24.7 Å². The van der Waals surface area contributed by atoms with Gasteiger partial charge in [0.15, 0.2) is 9.84 Å². The fraction of sp³-hybridized carbons (Fsp3) is 0.391. The van der Waals surface area contributed by atoms with Crippen molar-refractivity contribution in [2.45, 2.75) is 38.5 Å². The van der Waals surface area contributed by atoms with Gasteiger partial charge in [-0.2, -0.15) is 0 Å². The van der Waals surface area contributed by atoms with Crippen LogP contribution in [0.2, 0.25) is 0 Å². The SMILES string of the molecule is Cc1ncc(-c2ccnc(Nc3ccc(C(=O)N4CCC(S(C)(=O)=O)C4)cc3)n2)n1C(C)C. The van der Waals surface area contributed by atoms with E-state index in [0.717, 1.165) is 22.9 Å². The number of sulfone groups is 1. The number of aromatic nitrogens is 4. The zero-order valence-corrected chi connectivity index (χ0v) is 20.0. The number of nitrogens with one attached hydrogen (secondary N) is 1. The van der Waals surface area contributed by atoms with E-state index in [1.54, 1.807) is 35.4 Å². The first-order chi connectivity index (χ1) is 15.6. The summed E-state index contributed by atoms with van der Waals surface area (Å²) < 4.78 is 25.6. The van der Waals surface area contributed by atoms with Gasteiger partial charge in [-0.05, 0) is 57.5 Å². The first kappa shape index (κ1) is 22.9. The number of likely N-dealkylation sites (tertiary alicyclic amines) is 1. The summed E-state index contributed by atoms with van der Waals surface area (Å²) in [6.45, 7) is 6.86. The summed E-state index contributed by atoms with van der Waals surface area (Å²) in [6.07, 6.45) is 5.21. The number of carbonyl (C=O) groups is 1. The highest BCUT2D eigenvalue weighted by Crippen LogP contribution is 2.25. The van der Waals surface area contributed by atoms with E-state index in [2.05, 4.69) is 38.7 Å². The Hall–Kier alpha value is -3.27. The highest BCUT2D eigenvalue weighted by Gasteiger charge is 2.32. The number of aryl methyl sites for hydroxylation is 1. The minimum Gasteiger partial charge on any atom is -0.337 e. The zero-order valence-electron chi connectivity index (χ0n) is 19.2. The van der Waals surface area contributed by atoms with Crippen LogP contribution in [-0.2, 0) is 9.84 Å². The predicted octanol–water partition coefficient (Wildman–Crippen LogP) is 3.23. The first-order valence-electron chi connectivity index (χ1n) is 10.9. The minimum atomic E-state index is -3.15. The van der Waals surface area contributed by atoms with Crippen molar-refractivity contribution in [3.05, 3.63) is 54.1 Å². The molecule has 1 atom stereocenters. The molecule has 2 aromatic heterocycles. The van der Waals surface area contributed by atoms with E-state index in [0.29, 0.717) is 24.5 Å². The van der Waals surface area contributed by atoms with Crippen molar-refractivity contribution >= 4 is 27.4 Å². The lowest BCUT2D eigenvalue weighted by atomic mass is 10.2. The fourth-order valence-corrected chi connectivity index (χ4v) is 5.11. The van der Waals surface area contributed by atoms with Gasteiger partial charge in [0.05, 0.1) is 22.8 Å². The molecule has 33 heavy (non-hydrogen) atoms. The highest BCUT2D eigenvalue weighted by atomic mass is 32.2. The number of benzene rings is 1. The molecular formula is C23H28N6O3S. The molecule has 1 unspecified atom stereocenters. The largest absolute Gasteiger partial charge is 0.337 e. The molecule has 0 spiro atoms. The number of hydrogen-bond acceptors (Lipinski definition) is 7. The van der Waals surface area contributed by atoms with Crippen molar-refractivity contribution in [1.29, 1.82) is 0 Å². The van der Waals surface area contributed by atoms with Gasteiger partial charge in [0.2, 0.25) is 5.95 Å². The first-order valence-corrected chi connectivity index (χ1v) is 12.8. The normalized spacial score (nSPS) is 16.4. The summed E-state index contributed by atoms with van der Waals surface area (Å²) in [5.41, 5.74) is 2.95. The molecule has 9 nitrogen and oxygen atoms in total. The average molecular weight is 469 g/mol. The monoisotopic (exact) mass is 468 g/mol. The summed E-state index contributed by atoms with van der Waals surface area (Å²) in [6, 6.07) is 9.12. The van der Waals surface area contributed by atoms with Gasteiger partial charge in [0, 0.05) is 42.8 Å². The molecule has 10 heteroatoms. The summed E-state index contributed by atoms with van der Waals surface area (Å²) in [7, 11) is -3.15. The van der Waals surface area contributed by atoms with Crippen LogP contribution < -0.4 is 5.32 Å². The lowest BCUT2D eigenvalue weighted by Crippen LogP contribution is -2.31. The van der Waals surface area contributed by atoms with Gasteiger partial charge in [0.1, 0.15) is 5.82 Å². The Morgan fingerprint density at radius 1 is 1.15 bits per heavy atom. The van der Waals surface area contributed by atoms with Crippen molar-refractivity contribution < 1.29 is 13.2 Å². The van der Waals surface area contributed by atoms with Crippen LogP contribution in [0.3, 0.4) is 0 Å². The molecule has 174 valence electrons. The number of amides is 1. The Labute approximate surface area is 193 Å². The van der Waals surface area contributed by atoms with Gasteiger partial charge in [0.25, 0.3) is 5.91 Å². The topological polar surface area (TPSA) is 110 Å². The van der Waals surface area contributed by atoms with E-state index >= 15 is 0 Å². The Morgan fingerprint density at radius 3 is 2.52 bits per heavy atom. The molecular weight excluding hydrogens is 440 g/mol. The Kier molecular flexibility index (Phi) is 6.20. The van der Waals surface area contributed by atoms with Crippen molar-refractivity contribution in [2.24, 2.45) is 0 Å². The Bertz CT molecular complexity index is 1270. The second-order valence-electron chi connectivity index (χ2n) is 8.61. The zero-order chi connectivity index (χ0) is 23.8. The van der Waals surface area contributed by atoms with E-state index in [9.17, 15) is 13.2 Å². The molecule has 1 saturated heterocycles. The van der Waals surface area contributed by atoms with Gasteiger partial charge < -0.3 is 14.8 Å². The Balaban J connectivity index is 1.47. The summed E-state index contributed by atoms with van der Waals surface area (Å²) in [5.74, 6) is 1.20. The molecule has 3 heterocycles. The van der Waals surface area contributed by atoms with Crippen molar-refractivity contribution in [3.8, 4) is 11.4 Å². The van der Waals surface area contributed by atoms with Crippen LogP contribution in [0, 0.1) is 6.92 Å². The standard InChI is InChI=1S/C23H28N6O3S/c1-15(2)29-16(3)25-13-21(29)20-9-11-24-23(27-20)26-18-7-5-17(6-8-18)22(30)28-12-10-19(14-28)33(4,31)32/h5-9,11,13,15,19H,10,12,14H2,1-4H3,(H,24,26,27). The molecule has 4 rings (SSSR count). The molecule has 1 amide bonds. The lowest BCUT2D eigenvalue weighted by molar-refractivity contribution is 0.0793. The molecule has 0 bridgehead atoms. The number of anilines is 2. The second kappa shape index (κ2) is 8.93. The third kappa shape index (κ3) is 4.90. The van der Waals surface area contributed by atoms with Crippen molar-refractivity contribution in [1.82, 2.24) is 24.4 Å². The smallest absolute Gasteiger partial charge is 0.253 e. The third-order valence-corrected chi connectivity index (χ3v) is 7.44. The molecule has 3 aromatic rings. The van der Waals surface area contributed by atoms with Crippen molar-refractivity contribution in [3.63, 3.8) is 0 Å². The van der Waals surface area contributed by atoms with Crippen LogP contribution in [0.4, 0.5) is 11.6 Å². The fourth-order valence-electron chi connectivity index (χ4n) is 4.13. The molecule has 1 fully saturated rings. The maximum atomic E-state index is 12.8. The van der Waals surface area contributed by atoms with E-state index < -0.39 is 15.1 Å². The van der Waals surface area contributed by atoms with Crippen LogP contribution in [0.25, 0.3) is 11.4 Å². The lowest BCUT2D eigenvalue weighted by Gasteiger charge is -2.16. The van der Waals surface area contributed by atoms with E-state index in [1.807, 2.05) is 19.2 Å². The maximum Gasteiger partial charge on any atom is 0.253 e. The Morgan fingerprint density at radius 2 is 1.88 bits per heavy atom. The average Bonchev–Trinajstić information content (AvgIpc) is 3.41. The number of nitrogens with zero attached hydrogens (tertiary/aromatic N) is 5. The third-order valence-electron chi connectivity index (χ3n) is 5.84. The summed E-state index contributed by atoms with van der Waals surface area (Å²) in [4.78, 5) is 27.7. The molecule has 1 aliphatic rings. The molecule has 1 N–H and O–H groups in total. The molecule has 1 aliphatic heterocycles. The second-order valence-corrected chi connectivity index (χ2v) is 10.9. The quantitative estimate of drug-likeness (QED) is 0.591. The van der Waals surface area contributed by atoms with Gasteiger partial charge in [-0.15, -0.1) is 0 Å². The maximum absolute atomic E-state index is 12.8. The number of imidazole rings is 1. The summed E-state index contributed by atoms with van der Waals surface area (Å²) >= 11 is 0. The predicted molar refractivity (Wildman–Crippen MR) is 127 cm³/mol. The van der Waals surface area contributed by atoms with Gasteiger partial charge in [-0.1, -0.05) is 0 Å². The number of hydrogen-bond donors (Lipinski definition) is 1. The summed E-state index contributed by atoms with van der Waals surface area (Å²) in [5, 5.41) is 2.69. The van der Waals surface area contributed by atoms with Crippen LogP contribution in [-0.4, -0.2) is 63.3 Å². The van der Waals surface area contributed by atoms with Crippen LogP contribution in [0.5, 0.6) is 0 Å². The minimum absolute atomic E-state index is 0.164. The molecule has 1 aromatic carbocycles. The van der Waals surface area contributed by atoms with E-state index in [4.69, 9.17) is 0 Å². The molecule has 0 radical (unpaired) electrons. The van der Waals surface area contributed by atoms with Gasteiger partial charge in [-0.3, -0.25) is 4.79 Å². The molecule has 0 aliphatic carbocycles. The van der Waals surface area contributed by atoms with E-state index in [-0.39, 0.29) is 18.5 Å². The highest BCUT2D eigenvalue weighted by molar-refractivity contribution is 7.91. The molecule has 0 saturated carbocycles. The van der Waals surface area contributed by atoms with Crippen LogP contribution >= 0.6 is 0 Å². The van der Waals surface area contributed by atoms with E-state index in [1.165, 1.54) is 6.26 Å². The number of carbonyl (C=O) groups excluding carboxylic acids is 1. The van der Waals surface area contributed by atoms with Crippen LogP contribution in [0.15, 0.2) is 42.7 Å². The van der Waals surface area contributed by atoms with Gasteiger partial charge in [-0.25, -0.2) is 23.4 Å².